The minimum Gasteiger partial charge on any atom is -0.487 e. The molecule has 2 unspecified atom stereocenters. The molecule has 3 rings (SSSR count). The molecule has 1 aliphatic heterocycles. The standard InChI is InChI=1S/C15H18N2O2/c1-2-9-17-12(7-8-16-17)15(18)14-10-11-5-3-4-6-13(11)19-14/h3-8,14-15,18H,2,9-10H2,1H3. The third-order valence-electron chi connectivity index (χ3n) is 3.51. The molecule has 2 heterocycles. The lowest BCUT2D eigenvalue weighted by atomic mass is 10.0. The summed E-state index contributed by atoms with van der Waals surface area (Å²) in [6.45, 7) is 2.92. The topological polar surface area (TPSA) is 47.3 Å². The normalized spacial score (nSPS) is 18.9. The lowest BCUT2D eigenvalue weighted by Crippen LogP contribution is -2.25. The van der Waals surface area contributed by atoms with E-state index in [2.05, 4.69) is 12.0 Å². The van der Waals surface area contributed by atoms with Crippen LogP contribution < -0.4 is 4.74 Å². The van der Waals surface area contributed by atoms with Gasteiger partial charge < -0.3 is 9.84 Å². The van der Waals surface area contributed by atoms with Crippen molar-refractivity contribution in [1.29, 1.82) is 0 Å². The predicted molar refractivity (Wildman–Crippen MR) is 72.0 cm³/mol. The number of ether oxygens (including phenoxy) is 1. The number of aryl methyl sites for hydroxylation is 1. The lowest BCUT2D eigenvalue weighted by Gasteiger charge is -2.19. The molecule has 0 fully saturated rings. The summed E-state index contributed by atoms with van der Waals surface area (Å²) in [4.78, 5) is 0. The highest BCUT2D eigenvalue weighted by Crippen LogP contribution is 2.33. The van der Waals surface area contributed by atoms with Crippen LogP contribution in [0.15, 0.2) is 36.5 Å². The van der Waals surface area contributed by atoms with Gasteiger partial charge in [0.25, 0.3) is 0 Å². The van der Waals surface area contributed by atoms with E-state index in [9.17, 15) is 5.11 Å². The summed E-state index contributed by atoms with van der Waals surface area (Å²) in [5.41, 5.74) is 1.99. The monoisotopic (exact) mass is 258 g/mol. The summed E-state index contributed by atoms with van der Waals surface area (Å²) in [5.74, 6) is 0.883. The average Bonchev–Trinajstić information content (AvgIpc) is 3.04. The minimum absolute atomic E-state index is 0.218. The third kappa shape index (κ3) is 2.24. The maximum absolute atomic E-state index is 10.5. The Balaban J connectivity index is 1.79. The van der Waals surface area contributed by atoms with Gasteiger partial charge >= 0.3 is 0 Å². The second-order valence-electron chi connectivity index (χ2n) is 4.89. The van der Waals surface area contributed by atoms with Crippen LogP contribution in [0.4, 0.5) is 0 Å². The highest BCUT2D eigenvalue weighted by molar-refractivity contribution is 5.37. The van der Waals surface area contributed by atoms with Crippen LogP contribution in [0.25, 0.3) is 0 Å². The number of nitrogens with zero attached hydrogens (tertiary/aromatic N) is 2. The second-order valence-corrected chi connectivity index (χ2v) is 4.89. The van der Waals surface area contributed by atoms with Gasteiger partial charge in [-0.3, -0.25) is 4.68 Å². The van der Waals surface area contributed by atoms with Crippen LogP contribution in [-0.4, -0.2) is 21.0 Å². The van der Waals surface area contributed by atoms with Crippen LogP contribution in [-0.2, 0) is 13.0 Å². The van der Waals surface area contributed by atoms with E-state index in [4.69, 9.17) is 4.74 Å². The van der Waals surface area contributed by atoms with Crippen LogP contribution in [0.3, 0.4) is 0 Å². The van der Waals surface area contributed by atoms with Crippen LogP contribution in [0.2, 0.25) is 0 Å². The van der Waals surface area contributed by atoms with Crippen molar-refractivity contribution in [3.63, 3.8) is 0 Å². The van der Waals surface area contributed by atoms with Gasteiger partial charge in [0, 0.05) is 19.2 Å². The van der Waals surface area contributed by atoms with E-state index in [1.54, 1.807) is 6.20 Å². The highest BCUT2D eigenvalue weighted by Gasteiger charge is 2.31. The first kappa shape index (κ1) is 12.2. The molecule has 1 aromatic carbocycles. The Bertz CT molecular complexity index is 540. The fourth-order valence-corrected chi connectivity index (χ4v) is 2.57. The first-order valence-corrected chi connectivity index (χ1v) is 6.74. The maximum Gasteiger partial charge on any atom is 0.134 e. The zero-order valence-corrected chi connectivity index (χ0v) is 11.0. The SMILES string of the molecule is CCCn1nccc1C(O)C1Cc2ccccc2O1. The third-order valence-corrected chi connectivity index (χ3v) is 3.51. The van der Waals surface area contributed by atoms with Crippen molar-refractivity contribution >= 4 is 0 Å². The molecule has 4 nitrogen and oxygen atoms in total. The van der Waals surface area contributed by atoms with E-state index in [1.807, 2.05) is 35.0 Å². The molecule has 0 spiro atoms. The van der Waals surface area contributed by atoms with Gasteiger partial charge in [-0.05, 0) is 24.1 Å². The highest BCUT2D eigenvalue weighted by atomic mass is 16.5. The van der Waals surface area contributed by atoms with E-state index in [0.717, 1.165) is 36.4 Å². The molecule has 0 bridgehead atoms. The van der Waals surface area contributed by atoms with Gasteiger partial charge in [-0.1, -0.05) is 25.1 Å². The van der Waals surface area contributed by atoms with Crippen LogP contribution in [0.5, 0.6) is 5.75 Å². The zero-order chi connectivity index (χ0) is 13.2. The summed E-state index contributed by atoms with van der Waals surface area (Å²) in [7, 11) is 0. The number of hydrogen-bond donors (Lipinski definition) is 1. The van der Waals surface area contributed by atoms with Gasteiger partial charge in [0.1, 0.15) is 18.0 Å². The van der Waals surface area contributed by atoms with Crippen molar-refractivity contribution in [3.8, 4) is 5.75 Å². The fourth-order valence-electron chi connectivity index (χ4n) is 2.57. The molecular formula is C15H18N2O2. The van der Waals surface area contributed by atoms with Crippen LogP contribution >= 0.6 is 0 Å². The van der Waals surface area contributed by atoms with E-state index in [-0.39, 0.29) is 6.10 Å². The summed E-state index contributed by atoms with van der Waals surface area (Å²) < 4.78 is 7.69. The Morgan fingerprint density at radius 1 is 1.42 bits per heavy atom. The first-order valence-electron chi connectivity index (χ1n) is 6.74. The molecular weight excluding hydrogens is 240 g/mol. The number of aromatic nitrogens is 2. The molecule has 4 heteroatoms. The number of fused-ring (bicyclic) bond motifs is 1. The number of benzene rings is 1. The van der Waals surface area contributed by atoms with E-state index in [0.29, 0.717) is 0 Å². The Hall–Kier alpha value is -1.81. The van der Waals surface area contributed by atoms with E-state index < -0.39 is 6.10 Å². The summed E-state index contributed by atoms with van der Waals surface area (Å²) in [5, 5.41) is 14.8. The Morgan fingerprint density at radius 2 is 2.26 bits per heavy atom. The quantitative estimate of drug-likeness (QED) is 0.915. The molecule has 2 aromatic rings. The lowest BCUT2D eigenvalue weighted by molar-refractivity contribution is 0.0428. The van der Waals surface area contributed by atoms with Crippen molar-refractivity contribution in [2.45, 2.75) is 38.5 Å². The van der Waals surface area contributed by atoms with Gasteiger partial charge in [-0.15, -0.1) is 0 Å². The number of rotatable bonds is 4. The van der Waals surface area contributed by atoms with Crippen LogP contribution in [0.1, 0.15) is 30.7 Å². The van der Waals surface area contributed by atoms with Crippen molar-refractivity contribution in [1.82, 2.24) is 9.78 Å². The molecule has 19 heavy (non-hydrogen) atoms. The molecule has 1 aliphatic rings. The Labute approximate surface area is 112 Å². The molecule has 0 aliphatic carbocycles. The smallest absolute Gasteiger partial charge is 0.134 e. The van der Waals surface area contributed by atoms with Gasteiger partial charge in [0.05, 0.1) is 5.69 Å². The molecule has 2 atom stereocenters. The fraction of sp³-hybridized carbons (Fsp3) is 0.400. The van der Waals surface area contributed by atoms with Gasteiger partial charge in [0.15, 0.2) is 0 Å². The summed E-state index contributed by atoms with van der Waals surface area (Å²) >= 11 is 0. The molecule has 0 amide bonds. The van der Waals surface area contributed by atoms with E-state index in [1.165, 1.54) is 0 Å². The molecule has 1 N–H and O–H groups in total. The number of para-hydroxylation sites is 1. The maximum atomic E-state index is 10.5. The molecule has 100 valence electrons. The van der Waals surface area contributed by atoms with Gasteiger partial charge in [-0.25, -0.2) is 0 Å². The molecule has 0 saturated heterocycles. The van der Waals surface area contributed by atoms with Gasteiger partial charge in [0.2, 0.25) is 0 Å². The number of aliphatic hydroxyl groups excluding tert-OH is 1. The van der Waals surface area contributed by atoms with Crippen LogP contribution in [0, 0.1) is 0 Å². The van der Waals surface area contributed by atoms with E-state index >= 15 is 0 Å². The Kier molecular flexibility index (Phi) is 3.25. The number of aliphatic hydroxyl groups is 1. The molecule has 0 saturated carbocycles. The summed E-state index contributed by atoms with van der Waals surface area (Å²) in [6, 6.07) is 9.82. The van der Waals surface area contributed by atoms with Crippen molar-refractivity contribution in [2.24, 2.45) is 0 Å². The minimum atomic E-state index is -0.638. The van der Waals surface area contributed by atoms with Gasteiger partial charge in [-0.2, -0.15) is 5.10 Å². The van der Waals surface area contributed by atoms with Crippen molar-refractivity contribution in [3.05, 3.63) is 47.8 Å². The molecule has 1 aromatic heterocycles. The average molecular weight is 258 g/mol. The zero-order valence-electron chi connectivity index (χ0n) is 11.0. The second kappa shape index (κ2) is 5.05. The number of hydrogen-bond acceptors (Lipinski definition) is 3. The largest absolute Gasteiger partial charge is 0.487 e. The first-order chi connectivity index (χ1) is 9.29. The van der Waals surface area contributed by atoms with Crippen molar-refractivity contribution in [2.75, 3.05) is 0 Å². The predicted octanol–water partition coefficient (Wildman–Crippen LogP) is 2.33. The van der Waals surface area contributed by atoms with Crippen molar-refractivity contribution < 1.29 is 9.84 Å². The molecule has 0 radical (unpaired) electrons. The Morgan fingerprint density at radius 3 is 3.05 bits per heavy atom. The summed E-state index contributed by atoms with van der Waals surface area (Å²) in [6.07, 6.45) is 2.61.